The lowest BCUT2D eigenvalue weighted by atomic mass is 9.80. The molecule has 0 saturated carbocycles. The van der Waals surface area contributed by atoms with E-state index in [1.54, 1.807) is 6.07 Å². The molecule has 0 bridgehead atoms. The quantitative estimate of drug-likeness (QED) is 0.277. The number of ether oxygens (including phenoxy) is 1. The van der Waals surface area contributed by atoms with Gasteiger partial charge in [0.15, 0.2) is 5.60 Å². The number of benzene rings is 4. The van der Waals surface area contributed by atoms with Gasteiger partial charge in [-0.3, -0.25) is 0 Å². The third-order valence-corrected chi connectivity index (χ3v) is 5.42. The van der Waals surface area contributed by atoms with Crippen molar-refractivity contribution in [3.63, 3.8) is 0 Å². The third-order valence-electron chi connectivity index (χ3n) is 5.10. The van der Waals surface area contributed by atoms with E-state index in [2.05, 4.69) is 0 Å². The molecule has 0 aliphatic carbocycles. The molecule has 0 atom stereocenters. The Hall–Kier alpha value is -3.87. The summed E-state index contributed by atoms with van der Waals surface area (Å²) >= 11 is 6.32. The van der Waals surface area contributed by atoms with Crippen molar-refractivity contribution in [1.29, 1.82) is 5.26 Å². The second-order valence-corrected chi connectivity index (χ2v) is 7.38. The molecule has 0 fully saturated rings. The molecule has 0 unspecified atom stereocenters. The van der Waals surface area contributed by atoms with Crippen LogP contribution in [0.1, 0.15) is 32.6 Å². The van der Waals surface area contributed by atoms with Crippen molar-refractivity contribution in [3.05, 3.63) is 142 Å². The molecule has 4 rings (SSSR count). The first-order valence-corrected chi connectivity index (χ1v) is 10.1. The maximum Gasteiger partial charge on any atom is 0.341 e. The standard InChI is InChI=1S/C27H18ClNO2/c28-25-18-20(19-29)16-17-24(25)26(30)31-27(21-10-4-1-5-11-21,22-12-6-2-7-13-22)23-14-8-3-9-15-23/h1-18H. The van der Waals surface area contributed by atoms with Crippen molar-refractivity contribution in [2.45, 2.75) is 5.60 Å². The Bertz CT molecular complexity index is 1140. The van der Waals surface area contributed by atoms with Crippen LogP contribution in [-0.2, 0) is 10.3 Å². The first-order chi connectivity index (χ1) is 15.1. The molecule has 3 nitrogen and oxygen atoms in total. The number of rotatable bonds is 5. The largest absolute Gasteiger partial charge is 0.441 e. The van der Waals surface area contributed by atoms with Crippen molar-refractivity contribution in [2.24, 2.45) is 0 Å². The molecule has 0 radical (unpaired) electrons. The van der Waals surface area contributed by atoms with Crippen LogP contribution >= 0.6 is 11.6 Å². The summed E-state index contributed by atoms with van der Waals surface area (Å²) in [6.07, 6.45) is 0. The number of carbonyl (C=O) groups is 1. The average molecular weight is 424 g/mol. The van der Waals surface area contributed by atoms with E-state index in [0.717, 1.165) is 16.7 Å². The second-order valence-electron chi connectivity index (χ2n) is 6.98. The Balaban J connectivity index is 1.92. The SMILES string of the molecule is N#Cc1ccc(C(=O)OC(c2ccccc2)(c2ccccc2)c2ccccc2)c(Cl)c1. The molecular formula is C27H18ClNO2. The summed E-state index contributed by atoms with van der Waals surface area (Å²) < 4.78 is 6.33. The predicted molar refractivity (Wildman–Crippen MR) is 121 cm³/mol. The Kier molecular flexibility index (Phi) is 5.84. The zero-order chi connectivity index (χ0) is 21.7. The van der Waals surface area contributed by atoms with Gasteiger partial charge in [-0.15, -0.1) is 0 Å². The number of halogens is 1. The topological polar surface area (TPSA) is 50.1 Å². The van der Waals surface area contributed by atoms with Gasteiger partial charge in [-0.05, 0) is 18.2 Å². The van der Waals surface area contributed by atoms with Gasteiger partial charge in [-0.25, -0.2) is 4.79 Å². The minimum atomic E-state index is -1.18. The third kappa shape index (κ3) is 3.94. The van der Waals surface area contributed by atoms with E-state index in [1.165, 1.54) is 12.1 Å². The van der Waals surface area contributed by atoms with Crippen LogP contribution in [-0.4, -0.2) is 5.97 Å². The van der Waals surface area contributed by atoms with Crippen molar-refractivity contribution in [2.75, 3.05) is 0 Å². The summed E-state index contributed by atoms with van der Waals surface area (Å²) in [4.78, 5) is 13.4. The molecule has 0 saturated heterocycles. The highest BCUT2D eigenvalue weighted by Crippen LogP contribution is 2.41. The molecule has 0 amide bonds. The average Bonchev–Trinajstić information content (AvgIpc) is 2.84. The van der Waals surface area contributed by atoms with Crippen LogP contribution in [0.25, 0.3) is 0 Å². The van der Waals surface area contributed by atoms with E-state index in [0.29, 0.717) is 5.56 Å². The zero-order valence-corrected chi connectivity index (χ0v) is 17.3. The van der Waals surface area contributed by atoms with Gasteiger partial charge in [0.25, 0.3) is 0 Å². The minimum absolute atomic E-state index is 0.173. The molecule has 4 aromatic rings. The molecular weight excluding hydrogens is 406 g/mol. The van der Waals surface area contributed by atoms with Gasteiger partial charge in [0.2, 0.25) is 0 Å². The summed E-state index contributed by atoms with van der Waals surface area (Å²) in [6.45, 7) is 0. The summed E-state index contributed by atoms with van der Waals surface area (Å²) in [7, 11) is 0. The normalized spacial score (nSPS) is 10.8. The number of nitrogens with zero attached hydrogens (tertiary/aromatic N) is 1. The van der Waals surface area contributed by atoms with Gasteiger partial charge >= 0.3 is 5.97 Å². The van der Waals surface area contributed by atoms with Gasteiger partial charge < -0.3 is 4.74 Å². The fourth-order valence-corrected chi connectivity index (χ4v) is 3.90. The van der Waals surface area contributed by atoms with Crippen LogP contribution < -0.4 is 0 Å². The summed E-state index contributed by atoms with van der Waals surface area (Å²) in [6, 6.07) is 35.4. The number of esters is 1. The Morgan fingerprint density at radius 2 is 1.19 bits per heavy atom. The van der Waals surface area contributed by atoms with Crippen molar-refractivity contribution in [1.82, 2.24) is 0 Å². The monoisotopic (exact) mass is 423 g/mol. The molecule has 0 aliphatic heterocycles. The highest BCUT2D eigenvalue weighted by atomic mass is 35.5. The maximum absolute atomic E-state index is 13.4. The fraction of sp³-hybridized carbons (Fsp3) is 0.0370. The van der Waals surface area contributed by atoms with Gasteiger partial charge in [0.1, 0.15) is 0 Å². The smallest absolute Gasteiger partial charge is 0.341 e. The molecule has 0 N–H and O–H groups in total. The number of nitriles is 1. The van der Waals surface area contributed by atoms with Crippen LogP contribution in [0, 0.1) is 11.3 Å². The maximum atomic E-state index is 13.4. The molecule has 0 aliphatic rings. The van der Waals surface area contributed by atoms with E-state index in [9.17, 15) is 4.79 Å². The Morgan fingerprint density at radius 3 is 1.58 bits per heavy atom. The second kappa shape index (κ2) is 8.87. The molecule has 0 heterocycles. The summed E-state index contributed by atoms with van der Waals surface area (Å²) in [5.41, 5.74) is 1.83. The molecule has 0 spiro atoms. The van der Waals surface area contributed by atoms with Crippen LogP contribution in [0.5, 0.6) is 0 Å². The molecule has 4 aromatic carbocycles. The van der Waals surface area contributed by atoms with Gasteiger partial charge in [0.05, 0.1) is 22.2 Å². The van der Waals surface area contributed by atoms with Crippen LogP contribution in [0.4, 0.5) is 0 Å². The minimum Gasteiger partial charge on any atom is -0.441 e. The molecule has 4 heteroatoms. The summed E-state index contributed by atoms with van der Waals surface area (Å²) in [5, 5.41) is 9.27. The number of carbonyl (C=O) groups excluding carboxylic acids is 1. The highest BCUT2D eigenvalue weighted by Gasteiger charge is 2.41. The van der Waals surface area contributed by atoms with Crippen LogP contribution in [0.15, 0.2) is 109 Å². The van der Waals surface area contributed by atoms with Crippen LogP contribution in [0.3, 0.4) is 0 Å². The lowest BCUT2D eigenvalue weighted by molar-refractivity contribution is 0.0142. The van der Waals surface area contributed by atoms with Gasteiger partial charge in [-0.1, -0.05) is 103 Å². The van der Waals surface area contributed by atoms with Gasteiger partial charge in [0, 0.05) is 16.7 Å². The molecule has 0 aromatic heterocycles. The van der Waals surface area contributed by atoms with Crippen LogP contribution in [0.2, 0.25) is 5.02 Å². The molecule has 31 heavy (non-hydrogen) atoms. The van der Waals surface area contributed by atoms with Gasteiger partial charge in [-0.2, -0.15) is 5.26 Å². The van der Waals surface area contributed by atoms with E-state index in [1.807, 2.05) is 97.1 Å². The Morgan fingerprint density at radius 1 is 0.742 bits per heavy atom. The number of hydrogen-bond donors (Lipinski definition) is 0. The zero-order valence-electron chi connectivity index (χ0n) is 16.5. The Labute approximate surface area is 186 Å². The van der Waals surface area contributed by atoms with E-state index >= 15 is 0 Å². The summed E-state index contributed by atoms with van der Waals surface area (Å²) in [5.74, 6) is -0.578. The highest BCUT2D eigenvalue weighted by molar-refractivity contribution is 6.33. The number of hydrogen-bond acceptors (Lipinski definition) is 3. The van der Waals surface area contributed by atoms with E-state index < -0.39 is 11.6 Å². The van der Waals surface area contributed by atoms with E-state index in [-0.39, 0.29) is 10.6 Å². The fourth-order valence-electron chi connectivity index (χ4n) is 3.64. The van der Waals surface area contributed by atoms with Crippen molar-refractivity contribution < 1.29 is 9.53 Å². The lowest BCUT2D eigenvalue weighted by Crippen LogP contribution is -2.35. The first kappa shape index (κ1) is 20.4. The van der Waals surface area contributed by atoms with E-state index in [4.69, 9.17) is 21.6 Å². The van der Waals surface area contributed by atoms with Crippen molar-refractivity contribution >= 4 is 17.6 Å². The first-order valence-electron chi connectivity index (χ1n) is 9.75. The molecule has 150 valence electrons. The lowest BCUT2D eigenvalue weighted by Gasteiger charge is -2.35. The van der Waals surface area contributed by atoms with Crippen molar-refractivity contribution in [3.8, 4) is 6.07 Å². The predicted octanol–water partition coefficient (Wildman–Crippen LogP) is 6.36.